The highest BCUT2D eigenvalue weighted by atomic mass is 14.3. The maximum Gasteiger partial charge on any atom is -0.0203 e. The van der Waals surface area contributed by atoms with Gasteiger partial charge in [0.05, 0.1) is 0 Å². The Morgan fingerprint density at radius 1 is 0.864 bits per heavy atom. The highest BCUT2D eigenvalue weighted by molar-refractivity contribution is 5.10. The molecule has 1 aliphatic rings. The molecule has 0 radical (unpaired) electrons. The maximum atomic E-state index is 2.57. The molecule has 0 saturated heterocycles. The van der Waals surface area contributed by atoms with E-state index < -0.39 is 0 Å². The smallest absolute Gasteiger partial charge is 0.0203 e. The van der Waals surface area contributed by atoms with Crippen molar-refractivity contribution in [2.75, 3.05) is 0 Å². The average Bonchev–Trinajstić information content (AvgIpc) is 2.51. The largest absolute Gasteiger partial charge is 0.0822 e. The Labute approximate surface area is 141 Å². The zero-order chi connectivity index (χ0) is 16.2. The van der Waals surface area contributed by atoms with E-state index in [0.717, 1.165) is 17.8 Å². The number of unbranched alkanes of at least 4 members (excludes halogenated alkanes) is 9. The zero-order valence-corrected chi connectivity index (χ0v) is 16.0. The third-order valence-corrected chi connectivity index (χ3v) is 5.93. The van der Waals surface area contributed by atoms with E-state index in [1.165, 1.54) is 83.5 Å². The monoisotopic (exact) mass is 306 g/mol. The molecular formula is C22H42. The van der Waals surface area contributed by atoms with Gasteiger partial charge in [-0.2, -0.15) is 0 Å². The summed E-state index contributed by atoms with van der Waals surface area (Å²) >= 11 is 0. The summed E-state index contributed by atoms with van der Waals surface area (Å²) in [6, 6.07) is 0. The van der Waals surface area contributed by atoms with Gasteiger partial charge in [0, 0.05) is 0 Å². The molecule has 0 saturated carbocycles. The van der Waals surface area contributed by atoms with Crippen molar-refractivity contribution in [1.82, 2.24) is 0 Å². The molecule has 0 nitrogen and oxygen atoms in total. The second-order valence-electron chi connectivity index (χ2n) is 7.84. The van der Waals surface area contributed by atoms with Gasteiger partial charge in [0.25, 0.3) is 0 Å². The van der Waals surface area contributed by atoms with Gasteiger partial charge >= 0.3 is 0 Å². The lowest BCUT2D eigenvalue weighted by molar-refractivity contribution is 0.290. The Kier molecular flexibility index (Phi) is 11.0. The van der Waals surface area contributed by atoms with Crippen molar-refractivity contribution in [3.8, 4) is 0 Å². The molecule has 0 bridgehead atoms. The van der Waals surface area contributed by atoms with Crippen LogP contribution in [0.15, 0.2) is 11.6 Å². The van der Waals surface area contributed by atoms with Gasteiger partial charge in [-0.05, 0) is 37.5 Å². The summed E-state index contributed by atoms with van der Waals surface area (Å²) in [6.45, 7) is 9.46. The van der Waals surface area contributed by atoms with Gasteiger partial charge in [0.2, 0.25) is 0 Å². The highest BCUT2D eigenvalue weighted by Gasteiger charge is 2.25. The lowest BCUT2D eigenvalue weighted by atomic mass is 9.73. The van der Waals surface area contributed by atoms with Crippen molar-refractivity contribution in [3.63, 3.8) is 0 Å². The summed E-state index contributed by atoms with van der Waals surface area (Å²) in [5, 5.41) is 0. The van der Waals surface area contributed by atoms with E-state index in [9.17, 15) is 0 Å². The Hall–Kier alpha value is -0.260. The first-order chi connectivity index (χ1) is 10.7. The van der Waals surface area contributed by atoms with Crippen LogP contribution in [0.5, 0.6) is 0 Å². The molecule has 3 atom stereocenters. The fraction of sp³-hybridized carbons (Fsp3) is 0.909. The van der Waals surface area contributed by atoms with Crippen LogP contribution in [0.4, 0.5) is 0 Å². The van der Waals surface area contributed by atoms with Crippen LogP contribution in [0.25, 0.3) is 0 Å². The summed E-state index contributed by atoms with van der Waals surface area (Å²) in [5.41, 5.74) is 1.69. The third-order valence-electron chi connectivity index (χ3n) is 5.93. The standard InChI is InChI=1S/C22H42/c1-5-7-8-9-10-11-12-13-14-15-16-22-18-21(6-2)19(3)17-20(22)4/h17,19,21-22H,5-16,18H2,1-4H3. The number of hydrogen-bond donors (Lipinski definition) is 0. The third kappa shape index (κ3) is 7.84. The molecule has 0 heteroatoms. The molecule has 22 heavy (non-hydrogen) atoms. The van der Waals surface area contributed by atoms with Crippen LogP contribution >= 0.6 is 0 Å². The minimum atomic E-state index is 0.814. The molecule has 1 rings (SSSR count). The Morgan fingerprint density at radius 3 is 1.95 bits per heavy atom. The molecule has 130 valence electrons. The first-order valence-corrected chi connectivity index (χ1v) is 10.4. The summed E-state index contributed by atoms with van der Waals surface area (Å²) < 4.78 is 0. The molecule has 0 spiro atoms. The SMILES string of the molecule is CCCCCCCCCCCCC1CC(CC)C(C)C=C1C. The molecule has 0 fully saturated rings. The molecule has 0 aliphatic heterocycles. The molecular weight excluding hydrogens is 264 g/mol. The first-order valence-electron chi connectivity index (χ1n) is 10.4. The van der Waals surface area contributed by atoms with Gasteiger partial charge in [0.15, 0.2) is 0 Å². The van der Waals surface area contributed by atoms with E-state index in [2.05, 4.69) is 33.8 Å². The zero-order valence-electron chi connectivity index (χ0n) is 16.0. The van der Waals surface area contributed by atoms with Gasteiger partial charge in [-0.1, -0.05) is 103 Å². The molecule has 0 aromatic rings. The van der Waals surface area contributed by atoms with Gasteiger partial charge in [0.1, 0.15) is 0 Å². The van der Waals surface area contributed by atoms with E-state index in [0.29, 0.717) is 0 Å². The van der Waals surface area contributed by atoms with Crippen LogP contribution in [-0.4, -0.2) is 0 Å². The number of hydrogen-bond acceptors (Lipinski definition) is 0. The van der Waals surface area contributed by atoms with Gasteiger partial charge in [-0.25, -0.2) is 0 Å². The molecule has 3 unspecified atom stereocenters. The number of allylic oxidation sites excluding steroid dienone is 2. The van der Waals surface area contributed by atoms with Gasteiger partial charge in [-0.3, -0.25) is 0 Å². The number of rotatable bonds is 12. The minimum Gasteiger partial charge on any atom is -0.0822 e. The van der Waals surface area contributed by atoms with Crippen molar-refractivity contribution in [2.45, 2.75) is 111 Å². The topological polar surface area (TPSA) is 0 Å². The van der Waals surface area contributed by atoms with E-state index in [1.54, 1.807) is 5.57 Å². The lowest BCUT2D eigenvalue weighted by Crippen LogP contribution is -2.21. The average molecular weight is 307 g/mol. The Balaban J connectivity index is 2.01. The molecule has 0 heterocycles. The van der Waals surface area contributed by atoms with Crippen molar-refractivity contribution < 1.29 is 0 Å². The van der Waals surface area contributed by atoms with Crippen molar-refractivity contribution in [1.29, 1.82) is 0 Å². The fourth-order valence-corrected chi connectivity index (χ4v) is 4.21. The molecule has 1 aliphatic carbocycles. The Bertz CT molecular complexity index is 288. The summed E-state index contributed by atoms with van der Waals surface area (Å²) in [6.07, 6.45) is 21.4. The lowest BCUT2D eigenvalue weighted by Gasteiger charge is -2.32. The summed E-state index contributed by atoms with van der Waals surface area (Å²) in [5.74, 6) is 2.65. The molecule has 0 amide bonds. The highest BCUT2D eigenvalue weighted by Crippen LogP contribution is 2.37. The van der Waals surface area contributed by atoms with Gasteiger partial charge in [-0.15, -0.1) is 0 Å². The predicted octanol–water partition coefficient (Wildman–Crippen LogP) is 7.93. The fourth-order valence-electron chi connectivity index (χ4n) is 4.21. The summed E-state index contributed by atoms with van der Waals surface area (Å²) in [7, 11) is 0. The quantitative estimate of drug-likeness (QED) is 0.254. The van der Waals surface area contributed by atoms with E-state index in [1.807, 2.05) is 0 Å². The van der Waals surface area contributed by atoms with E-state index in [4.69, 9.17) is 0 Å². The van der Waals surface area contributed by atoms with Crippen LogP contribution in [0.3, 0.4) is 0 Å². The molecule has 0 aromatic carbocycles. The van der Waals surface area contributed by atoms with Crippen LogP contribution in [0.1, 0.15) is 111 Å². The van der Waals surface area contributed by atoms with E-state index in [-0.39, 0.29) is 0 Å². The van der Waals surface area contributed by atoms with Crippen LogP contribution < -0.4 is 0 Å². The molecule has 0 N–H and O–H groups in total. The molecule has 0 aromatic heterocycles. The first kappa shape index (κ1) is 19.8. The predicted molar refractivity (Wildman–Crippen MR) is 101 cm³/mol. The Morgan fingerprint density at radius 2 is 1.41 bits per heavy atom. The second-order valence-corrected chi connectivity index (χ2v) is 7.84. The normalized spacial score (nSPS) is 25.3. The van der Waals surface area contributed by atoms with Crippen LogP contribution in [0, 0.1) is 17.8 Å². The maximum absolute atomic E-state index is 2.57. The summed E-state index contributed by atoms with van der Waals surface area (Å²) in [4.78, 5) is 0. The van der Waals surface area contributed by atoms with Crippen LogP contribution in [0.2, 0.25) is 0 Å². The van der Waals surface area contributed by atoms with E-state index >= 15 is 0 Å². The second kappa shape index (κ2) is 12.2. The van der Waals surface area contributed by atoms with Crippen molar-refractivity contribution >= 4 is 0 Å². The van der Waals surface area contributed by atoms with Crippen molar-refractivity contribution in [3.05, 3.63) is 11.6 Å². The van der Waals surface area contributed by atoms with Crippen LogP contribution in [-0.2, 0) is 0 Å². The van der Waals surface area contributed by atoms with Crippen molar-refractivity contribution in [2.24, 2.45) is 17.8 Å². The van der Waals surface area contributed by atoms with Gasteiger partial charge < -0.3 is 0 Å². The minimum absolute atomic E-state index is 0.814.